The van der Waals surface area contributed by atoms with E-state index in [0.717, 1.165) is 6.07 Å². The fourth-order valence-electron chi connectivity index (χ4n) is 2.70. The number of hydrogen-bond acceptors (Lipinski definition) is 5. The number of carbonyl (C=O) groups is 3. The van der Waals surface area contributed by atoms with Crippen molar-refractivity contribution in [3.05, 3.63) is 87.6 Å². The van der Waals surface area contributed by atoms with Gasteiger partial charge >= 0.3 is 5.97 Å². The number of rotatable bonds is 7. The third-order valence-electron chi connectivity index (χ3n) is 4.11. The van der Waals surface area contributed by atoms with Crippen LogP contribution >= 0.6 is 11.3 Å². The van der Waals surface area contributed by atoms with Crippen molar-refractivity contribution in [3.8, 4) is 0 Å². The van der Waals surface area contributed by atoms with E-state index in [1.807, 2.05) is 0 Å². The number of thiophene rings is 1. The molecule has 0 unspecified atom stereocenters. The Morgan fingerprint density at radius 2 is 1.81 bits per heavy atom. The lowest BCUT2D eigenvalue weighted by molar-refractivity contribution is -0.135. The van der Waals surface area contributed by atoms with Crippen LogP contribution in [0.25, 0.3) is 11.6 Å². The topological polar surface area (TPSA) is 72.5 Å². The van der Waals surface area contributed by atoms with Crippen LogP contribution in [0, 0.1) is 11.6 Å². The van der Waals surface area contributed by atoms with Gasteiger partial charge in [-0.1, -0.05) is 18.2 Å². The van der Waals surface area contributed by atoms with Gasteiger partial charge in [-0.05, 0) is 53.4 Å². The summed E-state index contributed by atoms with van der Waals surface area (Å²) in [5, 5.41) is 4.19. The minimum Gasteiger partial charge on any atom is -0.454 e. The molecule has 0 aliphatic carbocycles. The zero-order valence-corrected chi connectivity index (χ0v) is 17.2. The molecule has 0 bridgehead atoms. The monoisotopic (exact) mass is 441 g/mol. The van der Waals surface area contributed by atoms with E-state index in [2.05, 4.69) is 5.32 Å². The number of ether oxygens (including phenoxy) is 1. The predicted octanol–water partition coefficient (Wildman–Crippen LogP) is 4.95. The number of halogens is 2. The second-order valence-corrected chi connectivity index (χ2v) is 7.41. The molecule has 8 heteroatoms. The molecule has 1 amide bonds. The van der Waals surface area contributed by atoms with Crippen molar-refractivity contribution >= 4 is 46.3 Å². The van der Waals surface area contributed by atoms with Crippen molar-refractivity contribution < 1.29 is 27.9 Å². The highest BCUT2D eigenvalue weighted by Gasteiger charge is 2.19. The highest BCUT2D eigenvalue weighted by Crippen LogP contribution is 2.25. The molecule has 0 spiro atoms. The minimum atomic E-state index is -0.840. The van der Waals surface area contributed by atoms with Crippen molar-refractivity contribution in [2.75, 3.05) is 11.9 Å². The van der Waals surface area contributed by atoms with Crippen molar-refractivity contribution in [3.63, 3.8) is 0 Å². The van der Waals surface area contributed by atoms with Gasteiger partial charge in [0, 0.05) is 17.5 Å². The first-order chi connectivity index (χ1) is 14.8. The van der Waals surface area contributed by atoms with Crippen LogP contribution in [0.1, 0.15) is 27.7 Å². The number of anilines is 1. The van der Waals surface area contributed by atoms with E-state index in [0.29, 0.717) is 10.4 Å². The Hall–Kier alpha value is -3.65. The van der Waals surface area contributed by atoms with Crippen LogP contribution in [0.2, 0.25) is 0 Å². The third kappa shape index (κ3) is 5.93. The van der Waals surface area contributed by atoms with E-state index >= 15 is 0 Å². The Morgan fingerprint density at radius 1 is 1.06 bits per heavy atom. The second-order valence-electron chi connectivity index (χ2n) is 6.46. The summed E-state index contributed by atoms with van der Waals surface area (Å²) in [5.41, 5.74) is 0.714. The summed E-state index contributed by atoms with van der Waals surface area (Å²) in [6.07, 6.45) is 1.53. The van der Waals surface area contributed by atoms with Crippen molar-refractivity contribution in [1.82, 2.24) is 0 Å². The molecule has 3 aromatic rings. The Bertz CT molecular complexity index is 1140. The molecular formula is C23H17F2NO4S. The summed E-state index contributed by atoms with van der Waals surface area (Å²) in [4.78, 5) is 36.7. The first-order valence-corrected chi connectivity index (χ1v) is 10.00. The number of Topliss-reactive ketones (excluding diaryl/α,β-unsaturated/α-hetero) is 1. The van der Waals surface area contributed by atoms with Crippen LogP contribution in [-0.2, 0) is 14.3 Å². The Labute approximate surface area is 181 Å². The normalized spacial score (nSPS) is 11.1. The molecule has 1 heterocycles. The van der Waals surface area contributed by atoms with Crippen LogP contribution in [-0.4, -0.2) is 24.3 Å². The van der Waals surface area contributed by atoms with Crippen molar-refractivity contribution in [2.24, 2.45) is 0 Å². The maximum Gasteiger partial charge on any atom is 0.340 e. The lowest BCUT2D eigenvalue weighted by atomic mass is 10.1. The van der Waals surface area contributed by atoms with Gasteiger partial charge in [-0.2, -0.15) is 0 Å². The van der Waals surface area contributed by atoms with E-state index in [9.17, 15) is 23.2 Å². The number of amides is 1. The summed E-state index contributed by atoms with van der Waals surface area (Å²) in [7, 11) is 0. The summed E-state index contributed by atoms with van der Waals surface area (Å²) < 4.78 is 32.5. The van der Waals surface area contributed by atoms with Crippen molar-refractivity contribution in [1.29, 1.82) is 0 Å². The van der Waals surface area contributed by atoms with E-state index in [1.54, 1.807) is 17.5 Å². The molecule has 31 heavy (non-hydrogen) atoms. The Kier molecular flexibility index (Phi) is 7.04. The fraction of sp³-hybridized carbons (Fsp3) is 0.0870. The number of carbonyl (C=O) groups excluding carboxylic acids is 3. The van der Waals surface area contributed by atoms with Crippen LogP contribution in [0.5, 0.6) is 0 Å². The molecule has 2 aromatic carbocycles. The molecule has 5 nitrogen and oxygen atoms in total. The molecule has 0 aliphatic heterocycles. The standard InChI is InChI=1S/C23H17F2NO4S/c1-14(27)26-17-8-9-18(20(25)12-17)21(28)13-30-23(29)19(22-3-2-10-31-22)11-15-4-6-16(24)7-5-15/h2-12H,13H2,1H3,(H,26,27)/b19-11+. The molecule has 0 aliphatic rings. The van der Waals surface area contributed by atoms with Gasteiger partial charge in [0.2, 0.25) is 11.7 Å². The second kappa shape index (κ2) is 9.90. The summed E-state index contributed by atoms with van der Waals surface area (Å²) in [5.74, 6) is -3.12. The van der Waals surface area contributed by atoms with Gasteiger partial charge < -0.3 is 10.1 Å². The Balaban J connectivity index is 1.74. The first-order valence-electron chi connectivity index (χ1n) is 9.12. The highest BCUT2D eigenvalue weighted by atomic mass is 32.1. The molecular weight excluding hydrogens is 424 g/mol. The summed E-state index contributed by atoms with van der Waals surface area (Å²) >= 11 is 1.30. The average molecular weight is 441 g/mol. The number of benzene rings is 2. The summed E-state index contributed by atoms with van der Waals surface area (Å²) in [6, 6.07) is 12.6. The summed E-state index contributed by atoms with van der Waals surface area (Å²) in [6.45, 7) is 0.614. The van der Waals surface area contributed by atoms with Gasteiger partial charge in [0.25, 0.3) is 0 Å². The molecule has 0 saturated heterocycles. The number of hydrogen-bond donors (Lipinski definition) is 1. The van der Waals surface area contributed by atoms with Gasteiger partial charge in [0.05, 0.1) is 11.1 Å². The van der Waals surface area contributed by atoms with Crippen LogP contribution in [0.4, 0.5) is 14.5 Å². The van der Waals surface area contributed by atoms with E-state index in [-0.39, 0.29) is 22.7 Å². The molecule has 3 rings (SSSR count). The fourth-order valence-corrected chi connectivity index (χ4v) is 3.43. The average Bonchev–Trinajstić information content (AvgIpc) is 3.25. The molecule has 0 fully saturated rings. The molecule has 158 valence electrons. The van der Waals surface area contributed by atoms with Gasteiger partial charge in [-0.25, -0.2) is 13.6 Å². The molecule has 0 saturated carbocycles. The maximum absolute atomic E-state index is 14.2. The minimum absolute atomic E-state index is 0.191. The van der Waals surface area contributed by atoms with Crippen LogP contribution in [0.15, 0.2) is 60.0 Å². The highest BCUT2D eigenvalue weighted by molar-refractivity contribution is 7.11. The SMILES string of the molecule is CC(=O)Nc1ccc(C(=O)COC(=O)/C(=C/c2ccc(F)cc2)c2cccs2)c(F)c1. The van der Waals surface area contributed by atoms with Gasteiger partial charge in [-0.3, -0.25) is 9.59 Å². The lowest BCUT2D eigenvalue weighted by Crippen LogP contribution is -2.16. The van der Waals surface area contributed by atoms with Gasteiger partial charge in [0.15, 0.2) is 6.61 Å². The lowest BCUT2D eigenvalue weighted by Gasteiger charge is -2.09. The van der Waals surface area contributed by atoms with Gasteiger partial charge in [-0.15, -0.1) is 11.3 Å². The third-order valence-corrected chi connectivity index (χ3v) is 5.01. The number of esters is 1. The van der Waals surface area contributed by atoms with Gasteiger partial charge in [0.1, 0.15) is 11.6 Å². The number of nitrogens with one attached hydrogen (secondary N) is 1. The molecule has 1 N–H and O–H groups in total. The van der Waals surface area contributed by atoms with E-state index in [1.165, 1.54) is 60.7 Å². The molecule has 0 radical (unpaired) electrons. The zero-order chi connectivity index (χ0) is 22.4. The molecule has 1 aromatic heterocycles. The maximum atomic E-state index is 14.2. The first kappa shape index (κ1) is 22.0. The predicted molar refractivity (Wildman–Crippen MR) is 115 cm³/mol. The van der Waals surface area contributed by atoms with Crippen LogP contribution < -0.4 is 5.32 Å². The molecule has 0 atom stereocenters. The quantitative estimate of drug-likeness (QED) is 0.320. The van der Waals surface area contributed by atoms with E-state index in [4.69, 9.17) is 4.74 Å². The largest absolute Gasteiger partial charge is 0.454 e. The number of ketones is 1. The van der Waals surface area contributed by atoms with Crippen molar-refractivity contribution in [2.45, 2.75) is 6.92 Å². The van der Waals surface area contributed by atoms with E-state index < -0.39 is 30.0 Å². The van der Waals surface area contributed by atoms with Crippen LogP contribution in [0.3, 0.4) is 0 Å². The Morgan fingerprint density at radius 3 is 2.42 bits per heavy atom. The smallest absolute Gasteiger partial charge is 0.340 e. The zero-order valence-electron chi connectivity index (χ0n) is 16.4.